The van der Waals surface area contributed by atoms with Crippen molar-refractivity contribution >= 4 is 35.7 Å². The second-order valence-electron chi connectivity index (χ2n) is 45.7. The summed E-state index contributed by atoms with van der Waals surface area (Å²) in [6.07, 6.45) is 8.99. The molecular formula is C82H146N20O8. The third-order valence-corrected chi connectivity index (χ3v) is 27.0. The Labute approximate surface area is 662 Å². The van der Waals surface area contributed by atoms with E-state index >= 15 is 0 Å². The van der Waals surface area contributed by atoms with E-state index in [0.29, 0.717) is 164 Å². The maximum absolute atomic E-state index is 14.6. The van der Waals surface area contributed by atoms with E-state index in [1.807, 2.05) is 222 Å². The summed E-state index contributed by atoms with van der Waals surface area (Å²) >= 11 is 0. The molecule has 0 saturated carbocycles. The van der Waals surface area contributed by atoms with Crippen molar-refractivity contribution in [3.8, 4) is 0 Å². The highest BCUT2D eigenvalue weighted by Crippen LogP contribution is 2.51. The van der Waals surface area contributed by atoms with Crippen LogP contribution in [0.3, 0.4) is 0 Å². The summed E-state index contributed by atoms with van der Waals surface area (Å²) in [7, 11) is 0. The molecule has 10 rings (SSSR count). The monoisotopic (exact) mass is 1540 g/mol. The van der Waals surface area contributed by atoms with Crippen molar-refractivity contribution < 1.29 is 41.7 Å². The van der Waals surface area contributed by atoms with E-state index in [1.54, 1.807) is 0 Å². The quantitative estimate of drug-likeness (QED) is 0.123. The van der Waals surface area contributed by atoms with Crippen LogP contribution in [0.5, 0.6) is 0 Å². The fourth-order valence-electron chi connectivity index (χ4n) is 23.6. The number of anilines is 6. The third-order valence-electron chi connectivity index (χ3n) is 27.0. The van der Waals surface area contributed by atoms with Crippen LogP contribution in [0.25, 0.3) is 0 Å². The van der Waals surface area contributed by atoms with Gasteiger partial charge in [-0.25, -0.2) is 0 Å². The third kappa shape index (κ3) is 17.6. The molecule has 0 amide bonds. The first-order valence-electron chi connectivity index (χ1n) is 41.6. The van der Waals surface area contributed by atoms with Crippen molar-refractivity contribution in [1.29, 1.82) is 0 Å². The van der Waals surface area contributed by atoms with Crippen molar-refractivity contribution in [3.05, 3.63) is 0 Å². The van der Waals surface area contributed by atoms with Crippen molar-refractivity contribution in [2.24, 2.45) is 0 Å². The number of hydrogen-bond acceptors (Lipinski definition) is 20. The SMILES string of the molecule is CC1(C)CC(Nc2nc(N(CCCCN(c3nc(NC4CC(C)(C)N([O])C(C)(C)C4)nc(N(C4CC(C)(C)N([O])C(C)(C)C4)C4CC(C)(C)N([O])C(C)(C)C4)n3)C3CC(C)(C)N([O])C(C)(C)C3)C3CC(C)(C)N([O])C(C)(C)C3)nc(N(C3CC(C)(C)N([O])C(C)(C)C3)C3CC(C)(C)N([O])C(C)(C)C3)n2)CC(C)(C)N1[O]. The summed E-state index contributed by atoms with van der Waals surface area (Å²) in [5.74, 6) is 2.42. The molecule has 8 aliphatic heterocycles. The first kappa shape index (κ1) is 88.5. The Morgan fingerprint density at radius 1 is 0.236 bits per heavy atom. The number of hydroxylamine groups is 16. The highest BCUT2D eigenvalue weighted by Gasteiger charge is 2.59. The average Bonchev–Trinajstić information content (AvgIpc) is 0.744. The fraction of sp³-hybridized carbons (Fsp3) is 0.927. The lowest BCUT2D eigenvalue weighted by Gasteiger charge is -2.57. The van der Waals surface area contributed by atoms with Crippen LogP contribution in [0.2, 0.25) is 0 Å². The van der Waals surface area contributed by atoms with E-state index in [0.717, 1.165) is 0 Å². The molecule has 8 fully saturated rings. The number of nitrogens with zero attached hydrogens (tertiary/aromatic N) is 18. The summed E-state index contributed by atoms with van der Waals surface area (Å²) in [6.45, 7) is 65.1. The Kier molecular flexibility index (Phi) is 23.4. The molecule has 8 saturated heterocycles. The lowest BCUT2D eigenvalue weighted by molar-refractivity contribution is -0.294. The second kappa shape index (κ2) is 29.1. The van der Waals surface area contributed by atoms with Gasteiger partial charge in [0.25, 0.3) is 0 Å². The maximum Gasteiger partial charge on any atom is 0.232 e. The molecule has 8 aliphatic rings. The van der Waals surface area contributed by atoms with Crippen LogP contribution in [-0.4, -0.2) is 220 Å². The van der Waals surface area contributed by atoms with Gasteiger partial charge in [0.05, 0.1) is 0 Å². The van der Waals surface area contributed by atoms with Gasteiger partial charge in [0, 0.05) is 150 Å². The fourth-order valence-corrected chi connectivity index (χ4v) is 23.6. The predicted octanol–water partition coefficient (Wildman–Crippen LogP) is 14.5. The van der Waals surface area contributed by atoms with Gasteiger partial charge in [0.2, 0.25) is 35.7 Å². The van der Waals surface area contributed by atoms with Gasteiger partial charge in [-0.15, -0.1) is 82.2 Å². The summed E-state index contributed by atoms with van der Waals surface area (Å²) in [4.78, 5) is 43.1. The summed E-state index contributed by atoms with van der Waals surface area (Å²) in [5.41, 5.74) is -12.6. The molecular weight excluding hydrogens is 1390 g/mol. The van der Waals surface area contributed by atoms with Gasteiger partial charge in [0.1, 0.15) is 0 Å². The van der Waals surface area contributed by atoms with Crippen molar-refractivity contribution in [2.75, 3.05) is 43.3 Å². The molecule has 28 nitrogen and oxygen atoms in total. The lowest BCUT2D eigenvalue weighted by Crippen LogP contribution is -2.67. The van der Waals surface area contributed by atoms with Crippen LogP contribution in [0.4, 0.5) is 35.7 Å². The molecule has 0 atom stereocenters. The standard InChI is InChI=1S/C82H146N20O8/c1-67(2)37-53(38-68(3,4)95(67)103)83-61-85-63(89-65(87-61)93(57-45-75(17,18)99(107)76(19,20)46-57)58-47-77(21,22)100(108)78(23,24)48-58)91(55-41-71(9,10)97(105)72(11,12)42-55)35-33-34-36-92(56-43-73(13,14)98(106)74(15,16)44-56)64-86-62(84-54-39-69(5,6)96(104)70(7,8)40-54)88-66(90-64)94(59-49-79(25,26)101(109)80(27,28)50-59)60-51-81(29,30)102(110)82(31,32)52-60/h53-60H,33-52H2,1-32H3,(H,83,85,87,89)(H,84,86,88,90). The molecule has 28 heteroatoms. The van der Waals surface area contributed by atoms with E-state index in [1.165, 1.54) is 40.5 Å². The Hall–Kier alpha value is -3.82. The van der Waals surface area contributed by atoms with Gasteiger partial charge in [-0.3, -0.25) is 0 Å². The zero-order valence-electron chi connectivity index (χ0n) is 74.1. The maximum atomic E-state index is 14.6. The van der Waals surface area contributed by atoms with Gasteiger partial charge < -0.3 is 30.2 Å². The number of nitrogens with one attached hydrogen (secondary N) is 2. The van der Waals surface area contributed by atoms with Gasteiger partial charge in [-0.1, -0.05) is 0 Å². The predicted molar refractivity (Wildman–Crippen MR) is 425 cm³/mol. The zero-order valence-corrected chi connectivity index (χ0v) is 74.1. The summed E-state index contributed by atoms with van der Waals surface area (Å²) in [6, 6.07) is -2.03. The molecule has 0 spiro atoms. The van der Waals surface area contributed by atoms with Crippen LogP contribution in [-0.2, 0) is 41.7 Å². The van der Waals surface area contributed by atoms with Gasteiger partial charge in [0.15, 0.2) is 0 Å². The van der Waals surface area contributed by atoms with E-state index in [4.69, 9.17) is 29.9 Å². The summed E-state index contributed by atoms with van der Waals surface area (Å²) < 4.78 is 0. The normalized spacial score (nSPS) is 29.1. The number of piperidine rings is 8. The van der Waals surface area contributed by atoms with Crippen LogP contribution < -0.4 is 30.2 Å². The van der Waals surface area contributed by atoms with Crippen LogP contribution in [0.1, 0.15) is 337 Å². The van der Waals surface area contributed by atoms with Gasteiger partial charge >= 0.3 is 0 Å². The second-order valence-corrected chi connectivity index (χ2v) is 45.7. The molecule has 0 unspecified atom stereocenters. The van der Waals surface area contributed by atoms with Crippen molar-refractivity contribution in [2.45, 2.75) is 474 Å². The molecule has 110 heavy (non-hydrogen) atoms. The number of aromatic nitrogens is 6. The smallest absolute Gasteiger partial charge is 0.232 e. The molecule has 8 radical (unpaired) electrons. The molecule has 10 heterocycles. The van der Waals surface area contributed by atoms with Crippen molar-refractivity contribution in [3.63, 3.8) is 0 Å². The number of unbranched alkanes of at least 4 members (excludes halogenated alkanes) is 1. The Morgan fingerprint density at radius 2 is 0.391 bits per heavy atom. The minimum atomic E-state index is -0.820. The minimum Gasteiger partial charge on any atom is -0.351 e. The lowest BCUT2D eigenvalue weighted by atomic mass is 9.74. The topological polar surface area (TPSA) is 299 Å². The van der Waals surface area contributed by atoms with E-state index in [2.05, 4.69) is 30.2 Å². The van der Waals surface area contributed by atoms with Crippen molar-refractivity contribution in [1.82, 2.24) is 70.4 Å². The van der Waals surface area contributed by atoms with E-state index in [9.17, 15) is 41.7 Å². The highest BCUT2D eigenvalue weighted by atomic mass is 16.5. The van der Waals surface area contributed by atoms with Gasteiger partial charge in [-0.2, -0.15) is 29.9 Å². The Morgan fingerprint density at radius 3 is 0.573 bits per heavy atom. The molecule has 0 aromatic carbocycles. The average molecular weight is 1540 g/mol. The largest absolute Gasteiger partial charge is 0.351 e. The van der Waals surface area contributed by atoms with Gasteiger partial charge in [-0.05, 0) is 337 Å². The first-order chi connectivity index (χ1) is 49.6. The molecule has 2 N–H and O–H groups in total. The van der Waals surface area contributed by atoms with Crippen LogP contribution >= 0.6 is 0 Å². The van der Waals surface area contributed by atoms with E-state index < -0.39 is 88.6 Å². The molecule has 2 aromatic rings. The van der Waals surface area contributed by atoms with E-state index in [-0.39, 0.29) is 48.3 Å². The first-order valence-corrected chi connectivity index (χ1v) is 41.6. The summed E-state index contributed by atoms with van der Waals surface area (Å²) in [5, 5.41) is 133. The van der Waals surface area contributed by atoms with Crippen LogP contribution in [0, 0.1) is 0 Å². The molecule has 0 aliphatic carbocycles. The highest BCUT2D eigenvalue weighted by molar-refractivity contribution is 5.51. The number of rotatable bonds is 19. The Balaban J connectivity index is 1.15. The molecule has 0 bridgehead atoms. The minimum absolute atomic E-state index is 0.230. The Bertz CT molecular complexity index is 3120. The molecule has 622 valence electrons. The zero-order chi connectivity index (χ0) is 82.8. The molecule has 2 aromatic heterocycles. The van der Waals surface area contributed by atoms with Crippen LogP contribution in [0.15, 0.2) is 0 Å². The number of hydrogen-bond donors (Lipinski definition) is 2.